The second kappa shape index (κ2) is 8.81. The van der Waals surface area contributed by atoms with Crippen molar-refractivity contribution < 1.29 is 23.9 Å². The first-order valence-corrected chi connectivity index (χ1v) is 6.92. The lowest BCUT2D eigenvalue weighted by Crippen LogP contribution is -2.12. The zero-order valence-electron chi connectivity index (χ0n) is 13.3. The van der Waals surface area contributed by atoms with Gasteiger partial charge in [0.15, 0.2) is 5.71 Å². The third kappa shape index (κ3) is 5.20. The zero-order chi connectivity index (χ0) is 16.5. The summed E-state index contributed by atoms with van der Waals surface area (Å²) in [7, 11) is 2.65. The Bertz CT molecular complexity index is 536. The highest BCUT2D eigenvalue weighted by molar-refractivity contribution is 6.35. The van der Waals surface area contributed by atoms with E-state index < -0.39 is 5.97 Å². The molecular weight excluding hydrogens is 286 g/mol. The van der Waals surface area contributed by atoms with Gasteiger partial charge in [0, 0.05) is 0 Å². The first-order chi connectivity index (χ1) is 10.5. The van der Waals surface area contributed by atoms with Crippen LogP contribution in [0.2, 0.25) is 0 Å². The number of benzene rings is 1. The van der Waals surface area contributed by atoms with E-state index in [9.17, 15) is 9.59 Å². The normalized spacial score (nSPS) is 12.5. The second-order valence-corrected chi connectivity index (χ2v) is 4.80. The van der Waals surface area contributed by atoms with Gasteiger partial charge in [0.25, 0.3) is 0 Å². The highest BCUT2D eigenvalue weighted by Crippen LogP contribution is 2.19. The number of oxime groups is 1. The van der Waals surface area contributed by atoms with Crippen molar-refractivity contribution in [2.75, 3.05) is 20.8 Å². The molecule has 1 rings (SSSR count). The first-order valence-electron chi connectivity index (χ1n) is 6.92. The molecule has 0 aliphatic rings. The largest absolute Gasteiger partial charge is 0.465 e. The number of hydrogen-bond donors (Lipinski definition) is 0. The summed E-state index contributed by atoms with van der Waals surface area (Å²) in [4.78, 5) is 27.6. The predicted molar refractivity (Wildman–Crippen MR) is 81.9 cm³/mol. The molecule has 0 heterocycles. The maximum Gasteiger partial charge on any atom is 0.355 e. The lowest BCUT2D eigenvalue weighted by atomic mass is 9.97. The summed E-state index contributed by atoms with van der Waals surface area (Å²) in [5.41, 5.74) is 1.79. The summed E-state index contributed by atoms with van der Waals surface area (Å²) in [6.45, 7) is 3.96. The molecule has 0 aliphatic carbocycles. The van der Waals surface area contributed by atoms with Crippen molar-refractivity contribution in [1.29, 1.82) is 0 Å². The predicted octanol–water partition coefficient (Wildman–Crippen LogP) is 2.53. The summed E-state index contributed by atoms with van der Waals surface area (Å²) in [6, 6.07) is 7.25. The van der Waals surface area contributed by atoms with Crippen LogP contribution in [-0.2, 0) is 19.1 Å². The van der Waals surface area contributed by atoms with Gasteiger partial charge in [-0.25, -0.2) is 9.59 Å². The van der Waals surface area contributed by atoms with Gasteiger partial charge in [0.05, 0.1) is 19.8 Å². The Balaban J connectivity index is 2.47. The molecule has 1 aromatic carbocycles. The highest BCUT2D eigenvalue weighted by Gasteiger charge is 2.09. The summed E-state index contributed by atoms with van der Waals surface area (Å²) >= 11 is 0. The van der Waals surface area contributed by atoms with Crippen LogP contribution in [0.3, 0.4) is 0 Å². The number of ether oxygens (including phenoxy) is 2. The van der Waals surface area contributed by atoms with E-state index in [-0.39, 0.29) is 17.6 Å². The minimum atomic E-state index is -0.508. The Labute approximate surface area is 130 Å². The molecule has 0 saturated heterocycles. The van der Waals surface area contributed by atoms with Gasteiger partial charge in [-0.05, 0) is 37.0 Å². The van der Waals surface area contributed by atoms with Gasteiger partial charge in [-0.15, -0.1) is 0 Å². The molecule has 0 aliphatic heterocycles. The van der Waals surface area contributed by atoms with Crippen molar-refractivity contribution in [3.8, 4) is 0 Å². The number of carbonyl (C=O) groups is 2. The molecule has 1 atom stereocenters. The molecule has 0 fully saturated rings. The lowest BCUT2D eigenvalue weighted by molar-refractivity contribution is -0.133. The van der Waals surface area contributed by atoms with Crippen molar-refractivity contribution in [2.45, 2.75) is 26.2 Å². The average Bonchev–Trinajstić information content (AvgIpc) is 2.56. The van der Waals surface area contributed by atoms with Gasteiger partial charge in [0.2, 0.25) is 0 Å². The Kier molecular flexibility index (Phi) is 7.08. The SMILES string of the molecule is COC(=O)/C(C)=N/OCCC(C)c1ccc(C(=O)OC)cc1. The summed E-state index contributed by atoms with van der Waals surface area (Å²) in [5.74, 6) is -0.623. The summed E-state index contributed by atoms with van der Waals surface area (Å²) < 4.78 is 9.17. The van der Waals surface area contributed by atoms with Crippen molar-refractivity contribution in [2.24, 2.45) is 5.16 Å². The fourth-order valence-electron chi connectivity index (χ4n) is 1.79. The molecule has 22 heavy (non-hydrogen) atoms. The fraction of sp³-hybridized carbons (Fsp3) is 0.438. The van der Waals surface area contributed by atoms with Gasteiger partial charge in [-0.1, -0.05) is 24.2 Å². The topological polar surface area (TPSA) is 74.2 Å². The minimum absolute atomic E-state index is 0.178. The zero-order valence-corrected chi connectivity index (χ0v) is 13.3. The number of carbonyl (C=O) groups excluding carboxylic acids is 2. The van der Waals surface area contributed by atoms with E-state index in [1.165, 1.54) is 21.1 Å². The van der Waals surface area contributed by atoms with E-state index in [4.69, 9.17) is 4.84 Å². The van der Waals surface area contributed by atoms with Crippen LogP contribution in [-0.4, -0.2) is 38.5 Å². The molecule has 1 aromatic rings. The first kappa shape index (κ1) is 17.7. The Hall–Kier alpha value is -2.37. The van der Waals surface area contributed by atoms with Crippen LogP contribution in [0.4, 0.5) is 0 Å². The molecule has 1 unspecified atom stereocenters. The molecular formula is C16H21NO5. The van der Waals surface area contributed by atoms with E-state index >= 15 is 0 Å². The molecule has 0 saturated carbocycles. The third-order valence-electron chi connectivity index (χ3n) is 3.23. The standard InChI is InChI=1S/C16H21NO5/c1-11(9-10-22-17-12(2)15(18)20-3)13-5-7-14(8-6-13)16(19)21-4/h5-8,11H,9-10H2,1-4H3/b17-12+. The van der Waals surface area contributed by atoms with E-state index in [1.54, 1.807) is 12.1 Å². The molecule has 0 N–H and O–H groups in total. The van der Waals surface area contributed by atoms with E-state index in [1.807, 2.05) is 19.1 Å². The number of methoxy groups -OCH3 is 2. The van der Waals surface area contributed by atoms with E-state index in [0.29, 0.717) is 12.2 Å². The second-order valence-electron chi connectivity index (χ2n) is 4.80. The smallest absolute Gasteiger partial charge is 0.355 e. The highest BCUT2D eigenvalue weighted by atomic mass is 16.6. The van der Waals surface area contributed by atoms with Crippen molar-refractivity contribution in [1.82, 2.24) is 0 Å². The van der Waals surface area contributed by atoms with E-state index in [0.717, 1.165) is 12.0 Å². The van der Waals surface area contributed by atoms with Crippen molar-refractivity contribution in [3.63, 3.8) is 0 Å². The minimum Gasteiger partial charge on any atom is -0.465 e. The van der Waals surface area contributed by atoms with Crippen molar-refractivity contribution >= 4 is 17.7 Å². The van der Waals surface area contributed by atoms with E-state index in [2.05, 4.69) is 14.6 Å². The molecule has 0 radical (unpaired) electrons. The summed E-state index contributed by atoms with van der Waals surface area (Å²) in [5, 5.41) is 3.69. The maximum absolute atomic E-state index is 11.4. The number of nitrogens with zero attached hydrogens (tertiary/aromatic N) is 1. The van der Waals surface area contributed by atoms with Crippen LogP contribution >= 0.6 is 0 Å². The van der Waals surface area contributed by atoms with Gasteiger partial charge < -0.3 is 14.3 Å². The molecule has 6 nitrogen and oxygen atoms in total. The Morgan fingerprint density at radius 3 is 2.32 bits per heavy atom. The number of hydrogen-bond acceptors (Lipinski definition) is 6. The third-order valence-corrected chi connectivity index (χ3v) is 3.23. The van der Waals surface area contributed by atoms with Crippen LogP contribution in [0.25, 0.3) is 0 Å². The van der Waals surface area contributed by atoms with Crippen LogP contribution in [0.5, 0.6) is 0 Å². The van der Waals surface area contributed by atoms with Gasteiger partial charge in [-0.2, -0.15) is 0 Å². The Morgan fingerprint density at radius 2 is 1.77 bits per heavy atom. The lowest BCUT2D eigenvalue weighted by Gasteiger charge is -2.11. The van der Waals surface area contributed by atoms with Crippen LogP contribution < -0.4 is 0 Å². The number of rotatable bonds is 7. The molecule has 0 bridgehead atoms. The van der Waals surface area contributed by atoms with Gasteiger partial charge in [0.1, 0.15) is 6.61 Å². The fourth-order valence-corrected chi connectivity index (χ4v) is 1.79. The Morgan fingerprint density at radius 1 is 1.14 bits per heavy atom. The van der Waals surface area contributed by atoms with Crippen LogP contribution in [0, 0.1) is 0 Å². The monoisotopic (exact) mass is 307 g/mol. The molecule has 0 amide bonds. The average molecular weight is 307 g/mol. The van der Waals surface area contributed by atoms with Gasteiger partial charge >= 0.3 is 11.9 Å². The van der Waals surface area contributed by atoms with Crippen LogP contribution in [0.15, 0.2) is 29.4 Å². The quantitative estimate of drug-likeness (QED) is 0.335. The van der Waals surface area contributed by atoms with Crippen LogP contribution in [0.1, 0.15) is 42.1 Å². The molecule has 0 spiro atoms. The van der Waals surface area contributed by atoms with Gasteiger partial charge in [-0.3, -0.25) is 0 Å². The summed E-state index contributed by atoms with van der Waals surface area (Å²) in [6.07, 6.45) is 0.732. The maximum atomic E-state index is 11.4. The molecule has 6 heteroatoms. The van der Waals surface area contributed by atoms with Crippen molar-refractivity contribution in [3.05, 3.63) is 35.4 Å². The number of esters is 2. The molecule has 120 valence electrons. The molecule has 0 aromatic heterocycles.